The first-order valence-electron chi connectivity index (χ1n) is 5.35. The van der Waals surface area contributed by atoms with Gasteiger partial charge in [-0.2, -0.15) is 0 Å². The molecule has 0 heterocycles. The molecule has 3 heteroatoms. The lowest BCUT2D eigenvalue weighted by Gasteiger charge is -2.11. The smallest absolute Gasteiger partial charge is 0.123 e. The zero-order valence-electron chi connectivity index (χ0n) is 8.66. The molecule has 0 aromatic heterocycles. The first kappa shape index (κ1) is 10.6. The molecule has 2 unspecified atom stereocenters. The van der Waals surface area contributed by atoms with E-state index in [0.717, 1.165) is 24.8 Å². The van der Waals surface area contributed by atoms with Crippen molar-refractivity contribution in [3.05, 3.63) is 35.6 Å². The van der Waals surface area contributed by atoms with Crippen molar-refractivity contribution < 1.29 is 9.13 Å². The third-order valence-electron chi connectivity index (χ3n) is 2.82. The molecule has 1 fully saturated rings. The van der Waals surface area contributed by atoms with E-state index in [4.69, 9.17) is 10.5 Å². The van der Waals surface area contributed by atoms with Gasteiger partial charge in [-0.25, -0.2) is 4.39 Å². The van der Waals surface area contributed by atoms with Gasteiger partial charge in [-0.3, -0.25) is 0 Å². The topological polar surface area (TPSA) is 35.2 Å². The van der Waals surface area contributed by atoms with Crippen molar-refractivity contribution in [3.63, 3.8) is 0 Å². The molecule has 0 amide bonds. The van der Waals surface area contributed by atoms with Crippen LogP contribution in [0.15, 0.2) is 24.3 Å². The second-order valence-corrected chi connectivity index (χ2v) is 4.13. The number of halogens is 1. The van der Waals surface area contributed by atoms with Crippen LogP contribution in [0.5, 0.6) is 0 Å². The molecule has 0 radical (unpaired) electrons. The number of hydrogen-bond acceptors (Lipinski definition) is 2. The van der Waals surface area contributed by atoms with Gasteiger partial charge < -0.3 is 10.5 Å². The highest BCUT2D eigenvalue weighted by molar-refractivity contribution is 5.15. The van der Waals surface area contributed by atoms with E-state index < -0.39 is 0 Å². The average molecular weight is 209 g/mol. The Morgan fingerprint density at radius 2 is 2.00 bits per heavy atom. The van der Waals surface area contributed by atoms with E-state index in [1.54, 1.807) is 12.1 Å². The Morgan fingerprint density at radius 3 is 2.60 bits per heavy atom. The van der Waals surface area contributed by atoms with Gasteiger partial charge in [-0.1, -0.05) is 12.1 Å². The monoisotopic (exact) mass is 209 g/mol. The van der Waals surface area contributed by atoms with Crippen LogP contribution in [0.1, 0.15) is 24.8 Å². The van der Waals surface area contributed by atoms with Crippen LogP contribution in [0.4, 0.5) is 4.39 Å². The fraction of sp³-hybridized carbons (Fsp3) is 0.500. The SMILES string of the molecule is NC1CCC(OCc2ccc(F)cc2)C1. The molecule has 0 aliphatic heterocycles. The van der Waals surface area contributed by atoms with Crippen LogP contribution in [-0.2, 0) is 11.3 Å². The summed E-state index contributed by atoms with van der Waals surface area (Å²) in [4.78, 5) is 0. The second-order valence-electron chi connectivity index (χ2n) is 4.13. The van der Waals surface area contributed by atoms with Crippen molar-refractivity contribution in [2.24, 2.45) is 5.73 Å². The highest BCUT2D eigenvalue weighted by Crippen LogP contribution is 2.21. The molecule has 2 atom stereocenters. The molecule has 1 aromatic rings. The predicted octanol–water partition coefficient (Wildman–Crippen LogP) is 2.22. The zero-order valence-corrected chi connectivity index (χ0v) is 8.66. The molecule has 1 aliphatic carbocycles. The molecule has 1 aliphatic rings. The van der Waals surface area contributed by atoms with Gasteiger partial charge in [0.05, 0.1) is 12.7 Å². The third-order valence-corrected chi connectivity index (χ3v) is 2.82. The fourth-order valence-corrected chi connectivity index (χ4v) is 1.92. The Hall–Kier alpha value is -0.930. The predicted molar refractivity (Wildman–Crippen MR) is 56.8 cm³/mol. The summed E-state index contributed by atoms with van der Waals surface area (Å²) in [7, 11) is 0. The first-order chi connectivity index (χ1) is 7.24. The third kappa shape index (κ3) is 3.01. The Balaban J connectivity index is 1.80. The van der Waals surface area contributed by atoms with E-state index in [1.165, 1.54) is 12.1 Å². The van der Waals surface area contributed by atoms with Gasteiger partial charge in [0.25, 0.3) is 0 Å². The normalized spacial score (nSPS) is 25.7. The molecule has 0 bridgehead atoms. The van der Waals surface area contributed by atoms with Crippen LogP contribution in [0.25, 0.3) is 0 Å². The van der Waals surface area contributed by atoms with Crippen molar-refractivity contribution in [2.75, 3.05) is 0 Å². The van der Waals surface area contributed by atoms with Gasteiger partial charge in [-0.15, -0.1) is 0 Å². The molecule has 2 rings (SSSR count). The summed E-state index contributed by atoms with van der Waals surface area (Å²) < 4.78 is 18.3. The molecule has 15 heavy (non-hydrogen) atoms. The van der Waals surface area contributed by atoms with E-state index >= 15 is 0 Å². The molecular formula is C12H16FNO. The van der Waals surface area contributed by atoms with E-state index in [9.17, 15) is 4.39 Å². The molecule has 2 N–H and O–H groups in total. The maximum atomic E-state index is 12.6. The number of nitrogens with two attached hydrogens (primary N) is 1. The minimum absolute atomic E-state index is 0.207. The van der Waals surface area contributed by atoms with Gasteiger partial charge in [0.1, 0.15) is 5.82 Å². The van der Waals surface area contributed by atoms with Crippen molar-refractivity contribution in [1.82, 2.24) is 0 Å². The summed E-state index contributed by atoms with van der Waals surface area (Å²) in [6.07, 6.45) is 3.32. The minimum atomic E-state index is -0.207. The Morgan fingerprint density at radius 1 is 1.27 bits per heavy atom. The Labute approximate surface area is 89.2 Å². The second kappa shape index (κ2) is 4.73. The number of hydrogen-bond donors (Lipinski definition) is 1. The van der Waals surface area contributed by atoms with Gasteiger partial charge in [0, 0.05) is 6.04 Å². The molecule has 82 valence electrons. The van der Waals surface area contributed by atoms with Gasteiger partial charge >= 0.3 is 0 Å². The van der Waals surface area contributed by atoms with E-state index in [0.29, 0.717) is 12.6 Å². The highest BCUT2D eigenvalue weighted by atomic mass is 19.1. The van der Waals surface area contributed by atoms with E-state index in [2.05, 4.69) is 0 Å². The van der Waals surface area contributed by atoms with Crippen LogP contribution in [0.3, 0.4) is 0 Å². The van der Waals surface area contributed by atoms with Crippen molar-refractivity contribution in [2.45, 2.75) is 38.0 Å². The van der Waals surface area contributed by atoms with E-state index in [1.807, 2.05) is 0 Å². The standard InChI is InChI=1S/C12H16FNO/c13-10-3-1-9(2-4-10)8-15-12-6-5-11(14)7-12/h1-4,11-12H,5-8,14H2. The first-order valence-corrected chi connectivity index (χ1v) is 5.35. The van der Waals surface area contributed by atoms with Crippen LogP contribution in [0, 0.1) is 5.82 Å². The average Bonchev–Trinajstić information content (AvgIpc) is 2.64. The van der Waals surface area contributed by atoms with Crippen LogP contribution in [-0.4, -0.2) is 12.1 Å². The van der Waals surface area contributed by atoms with E-state index in [-0.39, 0.29) is 11.9 Å². The van der Waals surface area contributed by atoms with Gasteiger partial charge in [0.15, 0.2) is 0 Å². The molecule has 1 aromatic carbocycles. The lowest BCUT2D eigenvalue weighted by atomic mass is 10.2. The summed E-state index contributed by atoms with van der Waals surface area (Å²) in [6.45, 7) is 0.553. The Bertz CT molecular complexity index is 312. The molecule has 0 spiro atoms. The summed E-state index contributed by atoms with van der Waals surface area (Å²) in [5, 5.41) is 0. The fourth-order valence-electron chi connectivity index (χ4n) is 1.92. The van der Waals surface area contributed by atoms with Gasteiger partial charge in [0.2, 0.25) is 0 Å². The lowest BCUT2D eigenvalue weighted by Crippen LogP contribution is -2.17. The summed E-state index contributed by atoms with van der Waals surface area (Å²) in [5.74, 6) is -0.207. The zero-order chi connectivity index (χ0) is 10.7. The maximum absolute atomic E-state index is 12.6. The Kier molecular flexibility index (Phi) is 3.34. The number of benzene rings is 1. The van der Waals surface area contributed by atoms with Crippen molar-refractivity contribution in [3.8, 4) is 0 Å². The number of rotatable bonds is 3. The van der Waals surface area contributed by atoms with Crippen LogP contribution < -0.4 is 5.73 Å². The quantitative estimate of drug-likeness (QED) is 0.828. The van der Waals surface area contributed by atoms with Crippen LogP contribution >= 0.6 is 0 Å². The minimum Gasteiger partial charge on any atom is -0.373 e. The molecular weight excluding hydrogens is 193 g/mol. The summed E-state index contributed by atoms with van der Waals surface area (Å²) >= 11 is 0. The molecule has 2 nitrogen and oxygen atoms in total. The van der Waals surface area contributed by atoms with Crippen LogP contribution in [0.2, 0.25) is 0 Å². The van der Waals surface area contributed by atoms with Crippen molar-refractivity contribution in [1.29, 1.82) is 0 Å². The maximum Gasteiger partial charge on any atom is 0.123 e. The summed E-state index contributed by atoms with van der Waals surface area (Å²) in [6, 6.07) is 6.72. The van der Waals surface area contributed by atoms with Gasteiger partial charge in [-0.05, 0) is 37.0 Å². The molecule has 1 saturated carbocycles. The molecule has 0 saturated heterocycles. The van der Waals surface area contributed by atoms with Crippen molar-refractivity contribution >= 4 is 0 Å². The largest absolute Gasteiger partial charge is 0.373 e. The highest BCUT2D eigenvalue weighted by Gasteiger charge is 2.21. The summed E-state index contributed by atoms with van der Waals surface area (Å²) in [5.41, 5.74) is 6.80. The number of ether oxygens (including phenoxy) is 1. The lowest BCUT2D eigenvalue weighted by molar-refractivity contribution is 0.0448.